The van der Waals surface area contributed by atoms with Crippen LogP contribution in [0.3, 0.4) is 0 Å². The van der Waals surface area contributed by atoms with E-state index in [1.54, 1.807) is 17.0 Å². The molecule has 0 aliphatic carbocycles. The van der Waals surface area contributed by atoms with Crippen LogP contribution in [0.25, 0.3) is 5.69 Å². The normalized spacial score (nSPS) is 17.7. The second kappa shape index (κ2) is 10.4. The van der Waals surface area contributed by atoms with E-state index in [1.807, 2.05) is 0 Å². The number of aromatic nitrogens is 2. The van der Waals surface area contributed by atoms with Crippen LogP contribution in [0.4, 0.5) is 18.9 Å². The lowest BCUT2D eigenvalue weighted by molar-refractivity contribution is -0.138. The number of alkyl halides is 3. The van der Waals surface area contributed by atoms with Crippen LogP contribution >= 0.6 is 0 Å². The number of benzene rings is 2. The Kier molecular flexibility index (Phi) is 7.04. The molecule has 3 N–H and O–H groups in total. The third kappa shape index (κ3) is 5.19. The number of rotatable bonds is 6. The van der Waals surface area contributed by atoms with Crippen LogP contribution in [0.5, 0.6) is 11.5 Å². The van der Waals surface area contributed by atoms with Crippen LogP contribution in [0.15, 0.2) is 61.2 Å². The summed E-state index contributed by atoms with van der Waals surface area (Å²) in [5, 5.41) is 8.01. The fraction of sp³-hybridized carbons (Fsp3) is 0.296. The summed E-state index contributed by atoms with van der Waals surface area (Å²) in [7, 11) is 0. The summed E-state index contributed by atoms with van der Waals surface area (Å²) >= 11 is 0. The van der Waals surface area contributed by atoms with Gasteiger partial charge in [0.05, 0.1) is 23.0 Å². The molecule has 0 bridgehead atoms. The van der Waals surface area contributed by atoms with Gasteiger partial charge < -0.3 is 20.7 Å². The smallest absolute Gasteiger partial charge is 0.419 e. The van der Waals surface area contributed by atoms with Crippen molar-refractivity contribution in [2.24, 2.45) is 5.73 Å². The third-order valence-electron chi connectivity index (χ3n) is 6.92. The lowest BCUT2D eigenvalue weighted by Crippen LogP contribution is -2.50. The van der Waals surface area contributed by atoms with Gasteiger partial charge in [-0.3, -0.25) is 14.5 Å². The van der Waals surface area contributed by atoms with Crippen LogP contribution in [0, 0.1) is 0 Å². The molecule has 2 aliphatic heterocycles. The molecule has 0 radical (unpaired) electrons. The summed E-state index contributed by atoms with van der Waals surface area (Å²) in [6, 6.07) is 11.1. The second-order valence-electron chi connectivity index (χ2n) is 9.27. The highest BCUT2D eigenvalue weighted by Crippen LogP contribution is 2.39. The molecular weight excluding hydrogens is 513 g/mol. The molecule has 3 heterocycles. The van der Waals surface area contributed by atoms with E-state index >= 15 is 0 Å². The van der Waals surface area contributed by atoms with Gasteiger partial charge in [0.15, 0.2) is 5.69 Å². The highest BCUT2D eigenvalue weighted by atomic mass is 19.4. The molecule has 1 unspecified atom stereocenters. The molecular formula is C27H27F3N6O3. The van der Waals surface area contributed by atoms with Gasteiger partial charge in [0.1, 0.15) is 17.2 Å². The first-order valence-corrected chi connectivity index (χ1v) is 12.4. The van der Waals surface area contributed by atoms with Crippen molar-refractivity contribution in [2.45, 2.75) is 18.6 Å². The van der Waals surface area contributed by atoms with Gasteiger partial charge in [-0.15, -0.1) is 0 Å². The number of hydrogen-bond donors (Lipinski definition) is 2. The molecule has 204 valence electrons. The van der Waals surface area contributed by atoms with Crippen molar-refractivity contribution in [1.82, 2.24) is 19.6 Å². The molecule has 0 saturated carbocycles. The van der Waals surface area contributed by atoms with E-state index in [2.05, 4.69) is 16.8 Å². The van der Waals surface area contributed by atoms with Crippen LogP contribution in [-0.2, 0) is 11.0 Å². The van der Waals surface area contributed by atoms with Gasteiger partial charge >= 0.3 is 6.18 Å². The van der Waals surface area contributed by atoms with E-state index < -0.39 is 17.6 Å². The van der Waals surface area contributed by atoms with E-state index in [4.69, 9.17) is 15.6 Å². The van der Waals surface area contributed by atoms with E-state index in [9.17, 15) is 22.8 Å². The molecule has 1 atom stereocenters. The number of anilines is 1. The zero-order valence-corrected chi connectivity index (χ0v) is 20.9. The first-order valence-electron chi connectivity index (χ1n) is 12.4. The Morgan fingerprint density at radius 2 is 1.77 bits per heavy atom. The second-order valence-corrected chi connectivity index (χ2v) is 9.27. The lowest BCUT2D eigenvalue weighted by Gasteiger charge is -2.40. The molecule has 3 aromatic rings. The standard InChI is InChI=1S/C27H27F3N6O3/c1-2-22(37)35-15-13-34(14-16-35)20-11-12-32-24-23(20)33-36(25(24)26(31)38)17-7-9-18(10-8-17)39-21-6-4-3-5-19(21)27(28,29)30/h2-10,20,32H,1,11-16H2,(H2,31,38). The van der Waals surface area contributed by atoms with Crippen LogP contribution < -0.4 is 15.8 Å². The lowest BCUT2D eigenvalue weighted by atomic mass is 10.0. The summed E-state index contributed by atoms with van der Waals surface area (Å²) in [6.07, 6.45) is -2.49. The van der Waals surface area contributed by atoms with Gasteiger partial charge in [-0.1, -0.05) is 18.7 Å². The van der Waals surface area contributed by atoms with Crippen molar-refractivity contribution in [3.63, 3.8) is 0 Å². The quantitative estimate of drug-likeness (QED) is 0.459. The number of ether oxygens (including phenoxy) is 1. The van der Waals surface area contributed by atoms with Gasteiger partial charge in [0, 0.05) is 32.7 Å². The zero-order chi connectivity index (χ0) is 27.7. The fourth-order valence-electron chi connectivity index (χ4n) is 5.04. The third-order valence-corrected chi connectivity index (χ3v) is 6.92. The minimum absolute atomic E-state index is 0.0805. The number of nitrogens with one attached hydrogen (secondary N) is 1. The summed E-state index contributed by atoms with van der Waals surface area (Å²) in [4.78, 5) is 28.5. The molecule has 39 heavy (non-hydrogen) atoms. The van der Waals surface area contributed by atoms with Crippen molar-refractivity contribution in [3.05, 3.63) is 78.1 Å². The SMILES string of the molecule is C=CC(=O)N1CCN(C2CCNc3c2nn(-c2ccc(Oc4ccccc4C(F)(F)F)cc2)c3C(N)=O)CC1. The van der Waals surface area contributed by atoms with E-state index in [0.29, 0.717) is 49.8 Å². The van der Waals surface area contributed by atoms with E-state index in [1.165, 1.54) is 41.1 Å². The number of piperazine rings is 1. The maximum Gasteiger partial charge on any atom is 0.419 e. The van der Waals surface area contributed by atoms with Crippen molar-refractivity contribution < 1.29 is 27.5 Å². The van der Waals surface area contributed by atoms with E-state index in [-0.39, 0.29) is 29.1 Å². The summed E-state index contributed by atoms with van der Waals surface area (Å²) in [5.74, 6) is -0.893. The van der Waals surface area contributed by atoms with Gasteiger partial charge in [0.2, 0.25) is 5.91 Å². The number of carbonyl (C=O) groups excluding carboxylic acids is 2. The Balaban J connectivity index is 1.41. The predicted octanol–water partition coefficient (Wildman–Crippen LogP) is 3.97. The molecule has 9 nitrogen and oxygen atoms in total. The Hall–Kier alpha value is -4.32. The number of halogens is 3. The largest absolute Gasteiger partial charge is 0.457 e. The molecule has 2 amide bonds. The molecule has 5 rings (SSSR count). The molecule has 1 aromatic heterocycles. The highest BCUT2D eigenvalue weighted by molar-refractivity contribution is 5.98. The number of nitrogens with two attached hydrogens (primary N) is 1. The fourth-order valence-corrected chi connectivity index (χ4v) is 5.04. The molecule has 1 fully saturated rings. The minimum atomic E-state index is -4.56. The average molecular weight is 541 g/mol. The maximum absolute atomic E-state index is 13.3. The van der Waals surface area contributed by atoms with Gasteiger partial charge in [-0.25, -0.2) is 4.68 Å². The summed E-state index contributed by atoms with van der Waals surface area (Å²) in [6.45, 7) is 6.58. The van der Waals surface area contributed by atoms with Crippen molar-refractivity contribution >= 4 is 17.5 Å². The van der Waals surface area contributed by atoms with Gasteiger partial charge in [0.25, 0.3) is 5.91 Å². The first-order chi connectivity index (χ1) is 18.7. The number of amides is 2. The minimum Gasteiger partial charge on any atom is -0.457 e. The number of para-hydroxylation sites is 1. The molecule has 2 aliphatic rings. The topological polar surface area (TPSA) is 106 Å². The predicted molar refractivity (Wildman–Crippen MR) is 138 cm³/mol. The van der Waals surface area contributed by atoms with Crippen molar-refractivity contribution in [1.29, 1.82) is 0 Å². The van der Waals surface area contributed by atoms with Crippen LogP contribution in [0.1, 0.15) is 34.2 Å². The monoisotopic (exact) mass is 540 g/mol. The molecule has 12 heteroatoms. The Labute approximate surface area is 222 Å². The zero-order valence-electron chi connectivity index (χ0n) is 20.9. The van der Waals surface area contributed by atoms with Crippen molar-refractivity contribution in [3.8, 4) is 17.2 Å². The van der Waals surface area contributed by atoms with Gasteiger partial charge in [-0.05, 0) is 48.9 Å². The first kappa shape index (κ1) is 26.3. The summed E-state index contributed by atoms with van der Waals surface area (Å²) < 4.78 is 47.0. The van der Waals surface area contributed by atoms with E-state index in [0.717, 1.165) is 12.5 Å². The molecule has 0 spiro atoms. The number of carbonyl (C=O) groups is 2. The number of fused-ring (bicyclic) bond motifs is 1. The van der Waals surface area contributed by atoms with Crippen LogP contribution in [-0.4, -0.2) is 64.1 Å². The molecule has 1 saturated heterocycles. The Morgan fingerprint density at radius 3 is 2.41 bits per heavy atom. The number of nitrogens with zero attached hydrogens (tertiary/aromatic N) is 4. The highest BCUT2D eigenvalue weighted by Gasteiger charge is 2.36. The Morgan fingerprint density at radius 1 is 1.08 bits per heavy atom. The number of primary amides is 1. The maximum atomic E-state index is 13.3. The molecule has 2 aromatic carbocycles. The van der Waals surface area contributed by atoms with Gasteiger partial charge in [-0.2, -0.15) is 18.3 Å². The van der Waals surface area contributed by atoms with Crippen LogP contribution in [0.2, 0.25) is 0 Å². The van der Waals surface area contributed by atoms with Crippen molar-refractivity contribution in [2.75, 3.05) is 38.0 Å². The average Bonchev–Trinajstić information content (AvgIpc) is 3.33. The summed E-state index contributed by atoms with van der Waals surface area (Å²) in [5.41, 5.74) is 6.80. The Bertz CT molecular complexity index is 1390. The number of hydrogen-bond acceptors (Lipinski definition) is 6.